The molecule has 0 bridgehead atoms. The van der Waals surface area contributed by atoms with E-state index in [1.807, 2.05) is 16.8 Å². The lowest BCUT2D eigenvalue weighted by molar-refractivity contribution is -0.130. The van der Waals surface area contributed by atoms with Gasteiger partial charge in [0.15, 0.2) is 5.96 Å². The summed E-state index contributed by atoms with van der Waals surface area (Å²) in [6.07, 6.45) is 2.01. The minimum absolute atomic E-state index is 0.119. The minimum Gasteiger partial charge on any atom is -0.347 e. The predicted octanol–water partition coefficient (Wildman–Crippen LogP) is 2.90. The van der Waals surface area contributed by atoms with Crippen LogP contribution in [-0.2, 0) is 30.7 Å². The van der Waals surface area contributed by atoms with E-state index in [-0.39, 0.29) is 12.5 Å². The molecule has 1 N–H and O–H groups in total. The maximum absolute atomic E-state index is 12.6. The number of guanidine groups is 1. The first-order valence-electron chi connectivity index (χ1n) is 9.43. The zero-order valence-corrected chi connectivity index (χ0v) is 17.2. The standard InChI is InChI=1S/C21H28N4OS/c1-4-16-5-7-17(8-6-16)14-24(3)21(22-2)23-13-20(26)25-11-9-19-18(15-25)10-12-27-19/h5-8,10,12H,4,9,11,13-15H2,1-3H3,(H,22,23). The van der Waals surface area contributed by atoms with Gasteiger partial charge in [-0.1, -0.05) is 31.2 Å². The number of fused-ring (bicyclic) bond motifs is 1. The topological polar surface area (TPSA) is 47.9 Å². The summed E-state index contributed by atoms with van der Waals surface area (Å²) < 4.78 is 0. The summed E-state index contributed by atoms with van der Waals surface area (Å²) in [5.74, 6) is 0.852. The highest BCUT2D eigenvalue weighted by atomic mass is 32.1. The van der Waals surface area contributed by atoms with Crippen molar-refractivity contribution in [3.05, 3.63) is 57.3 Å². The number of carbonyl (C=O) groups excluding carboxylic acids is 1. The third kappa shape index (κ3) is 4.89. The molecular weight excluding hydrogens is 356 g/mol. The molecule has 1 aliphatic rings. The summed E-state index contributed by atoms with van der Waals surface area (Å²) in [5, 5.41) is 5.33. The van der Waals surface area contributed by atoms with E-state index in [1.54, 1.807) is 18.4 Å². The highest BCUT2D eigenvalue weighted by molar-refractivity contribution is 7.10. The molecular formula is C21H28N4OS. The van der Waals surface area contributed by atoms with E-state index >= 15 is 0 Å². The molecule has 0 saturated heterocycles. The average molecular weight is 385 g/mol. The van der Waals surface area contributed by atoms with E-state index in [0.29, 0.717) is 0 Å². The molecule has 1 aromatic carbocycles. The van der Waals surface area contributed by atoms with Crippen LogP contribution >= 0.6 is 11.3 Å². The molecule has 144 valence electrons. The van der Waals surface area contributed by atoms with Gasteiger partial charge in [0, 0.05) is 38.6 Å². The lowest BCUT2D eigenvalue weighted by Crippen LogP contribution is -2.46. The van der Waals surface area contributed by atoms with Crippen LogP contribution in [0.4, 0.5) is 0 Å². The zero-order chi connectivity index (χ0) is 19.2. The van der Waals surface area contributed by atoms with Crippen LogP contribution in [0.3, 0.4) is 0 Å². The molecule has 2 heterocycles. The van der Waals surface area contributed by atoms with Crippen molar-refractivity contribution in [1.82, 2.24) is 15.1 Å². The summed E-state index contributed by atoms with van der Waals surface area (Å²) in [7, 11) is 3.74. The van der Waals surface area contributed by atoms with E-state index in [0.717, 1.165) is 38.4 Å². The van der Waals surface area contributed by atoms with Gasteiger partial charge >= 0.3 is 0 Å². The van der Waals surface area contributed by atoms with E-state index in [4.69, 9.17) is 0 Å². The van der Waals surface area contributed by atoms with Crippen molar-refractivity contribution in [3.63, 3.8) is 0 Å². The molecule has 2 aromatic rings. The van der Waals surface area contributed by atoms with Crippen LogP contribution in [0.15, 0.2) is 40.7 Å². The van der Waals surface area contributed by atoms with Crippen LogP contribution in [0.2, 0.25) is 0 Å². The quantitative estimate of drug-likeness (QED) is 0.637. The Morgan fingerprint density at radius 3 is 2.70 bits per heavy atom. The fourth-order valence-corrected chi connectivity index (χ4v) is 4.23. The molecule has 1 amide bonds. The maximum atomic E-state index is 12.6. The SMILES string of the molecule is CCc1ccc(CN(C)C(=NC)NCC(=O)N2CCc3sccc3C2)cc1. The number of amides is 1. The lowest BCUT2D eigenvalue weighted by Gasteiger charge is -2.28. The first kappa shape index (κ1) is 19.4. The van der Waals surface area contributed by atoms with E-state index < -0.39 is 0 Å². The van der Waals surface area contributed by atoms with E-state index in [2.05, 4.69) is 52.9 Å². The number of hydrogen-bond donors (Lipinski definition) is 1. The Labute approximate surface area is 165 Å². The Morgan fingerprint density at radius 1 is 1.26 bits per heavy atom. The van der Waals surface area contributed by atoms with Crippen LogP contribution in [0, 0.1) is 0 Å². The second-order valence-electron chi connectivity index (χ2n) is 6.86. The fourth-order valence-electron chi connectivity index (χ4n) is 3.34. The van der Waals surface area contributed by atoms with Gasteiger partial charge in [-0.15, -0.1) is 11.3 Å². The molecule has 0 fully saturated rings. The summed E-state index contributed by atoms with van der Waals surface area (Å²) in [6.45, 7) is 4.69. The molecule has 0 unspecified atom stereocenters. The van der Waals surface area contributed by atoms with Crippen LogP contribution in [-0.4, -0.2) is 48.9 Å². The monoisotopic (exact) mass is 384 g/mol. The van der Waals surface area contributed by atoms with Gasteiger partial charge in [0.25, 0.3) is 0 Å². The van der Waals surface area contributed by atoms with Crippen molar-refractivity contribution >= 4 is 23.2 Å². The largest absolute Gasteiger partial charge is 0.347 e. The van der Waals surface area contributed by atoms with Gasteiger partial charge in [0.2, 0.25) is 5.91 Å². The number of nitrogens with one attached hydrogen (secondary N) is 1. The van der Waals surface area contributed by atoms with Crippen LogP contribution < -0.4 is 5.32 Å². The maximum Gasteiger partial charge on any atom is 0.242 e. The molecule has 0 saturated carbocycles. The molecule has 6 heteroatoms. The normalized spacial score (nSPS) is 14.0. The smallest absolute Gasteiger partial charge is 0.242 e. The highest BCUT2D eigenvalue weighted by Gasteiger charge is 2.21. The Kier molecular flexibility index (Phi) is 6.50. The number of aliphatic imine (C=N–C) groups is 1. The third-order valence-electron chi connectivity index (χ3n) is 4.98. The van der Waals surface area contributed by atoms with Gasteiger partial charge in [0.1, 0.15) is 0 Å². The number of nitrogens with zero attached hydrogens (tertiary/aromatic N) is 3. The van der Waals surface area contributed by atoms with Gasteiger partial charge in [0.05, 0.1) is 6.54 Å². The van der Waals surface area contributed by atoms with Gasteiger partial charge < -0.3 is 15.1 Å². The Hall–Kier alpha value is -2.34. The molecule has 0 aliphatic carbocycles. The van der Waals surface area contributed by atoms with Crippen LogP contribution in [0.25, 0.3) is 0 Å². The lowest BCUT2D eigenvalue weighted by atomic mass is 10.1. The van der Waals surface area contributed by atoms with E-state index in [9.17, 15) is 4.79 Å². The molecule has 1 aromatic heterocycles. The zero-order valence-electron chi connectivity index (χ0n) is 16.4. The van der Waals surface area contributed by atoms with Gasteiger partial charge in [-0.25, -0.2) is 0 Å². The molecule has 0 spiro atoms. The van der Waals surface area contributed by atoms with Crippen LogP contribution in [0.1, 0.15) is 28.5 Å². The number of aryl methyl sites for hydroxylation is 1. The van der Waals surface area contributed by atoms with Crippen molar-refractivity contribution in [3.8, 4) is 0 Å². The van der Waals surface area contributed by atoms with Gasteiger partial charge in [-0.05, 0) is 41.0 Å². The summed E-state index contributed by atoms with van der Waals surface area (Å²) in [6, 6.07) is 10.8. The highest BCUT2D eigenvalue weighted by Crippen LogP contribution is 2.23. The summed E-state index contributed by atoms with van der Waals surface area (Å²) in [4.78, 5) is 22.3. The molecule has 27 heavy (non-hydrogen) atoms. The number of benzene rings is 1. The summed E-state index contributed by atoms with van der Waals surface area (Å²) in [5.41, 5.74) is 3.85. The second-order valence-corrected chi connectivity index (χ2v) is 7.86. The van der Waals surface area contributed by atoms with Crippen molar-refractivity contribution in [2.24, 2.45) is 4.99 Å². The molecule has 0 radical (unpaired) electrons. The fraction of sp³-hybridized carbons (Fsp3) is 0.429. The van der Waals surface area contributed by atoms with Gasteiger partial charge in [-0.3, -0.25) is 9.79 Å². The molecule has 1 aliphatic heterocycles. The van der Waals surface area contributed by atoms with Crippen molar-refractivity contribution in [2.45, 2.75) is 32.9 Å². The van der Waals surface area contributed by atoms with E-state index in [1.165, 1.54) is 21.6 Å². The predicted molar refractivity (Wildman–Crippen MR) is 112 cm³/mol. The van der Waals surface area contributed by atoms with Gasteiger partial charge in [-0.2, -0.15) is 0 Å². The Bertz CT molecular complexity index is 797. The molecule has 5 nitrogen and oxygen atoms in total. The average Bonchev–Trinajstić information content (AvgIpc) is 3.16. The van der Waals surface area contributed by atoms with Crippen molar-refractivity contribution in [1.29, 1.82) is 0 Å². The number of rotatable bonds is 5. The summed E-state index contributed by atoms with van der Waals surface area (Å²) >= 11 is 1.79. The van der Waals surface area contributed by atoms with Crippen molar-refractivity contribution in [2.75, 3.05) is 27.2 Å². The van der Waals surface area contributed by atoms with Crippen molar-refractivity contribution < 1.29 is 4.79 Å². The Morgan fingerprint density at radius 2 is 2.00 bits per heavy atom. The first-order chi connectivity index (χ1) is 13.1. The third-order valence-corrected chi connectivity index (χ3v) is 6.01. The second kappa shape index (κ2) is 9.04. The molecule has 3 rings (SSSR count). The Balaban J connectivity index is 1.51. The number of carbonyl (C=O) groups is 1. The first-order valence-corrected chi connectivity index (χ1v) is 10.3. The number of hydrogen-bond acceptors (Lipinski definition) is 3. The number of thiophene rings is 1. The van der Waals surface area contributed by atoms with Crippen LogP contribution in [0.5, 0.6) is 0 Å². The minimum atomic E-state index is 0.119. The molecule has 0 atom stereocenters.